The van der Waals surface area contributed by atoms with Gasteiger partial charge in [0.1, 0.15) is 0 Å². The third-order valence-corrected chi connectivity index (χ3v) is 2.22. The predicted molar refractivity (Wildman–Crippen MR) is 61.6 cm³/mol. The lowest BCUT2D eigenvalue weighted by atomic mass is 10.1. The first-order valence-electron chi connectivity index (χ1n) is 5.25. The van der Waals surface area contributed by atoms with E-state index in [1.54, 1.807) is 0 Å². The summed E-state index contributed by atoms with van der Waals surface area (Å²) in [6, 6.07) is 6.43. The summed E-state index contributed by atoms with van der Waals surface area (Å²) in [6.45, 7) is 8.20. The maximum absolute atomic E-state index is 4.20. The molecule has 14 heavy (non-hydrogen) atoms. The van der Waals surface area contributed by atoms with E-state index in [9.17, 15) is 0 Å². The highest BCUT2D eigenvalue weighted by molar-refractivity contribution is 5.81. The molecule has 0 spiro atoms. The molecule has 1 aromatic carbocycles. The van der Waals surface area contributed by atoms with Gasteiger partial charge in [0.05, 0.1) is 5.52 Å². The van der Waals surface area contributed by atoms with E-state index in [1.165, 1.54) is 10.9 Å². The molecule has 0 atom stereocenters. The molecule has 0 saturated heterocycles. The summed E-state index contributed by atoms with van der Waals surface area (Å²) >= 11 is 0. The fourth-order valence-corrected chi connectivity index (χ4v) is 1.41. The van der Waals surface area contributed by atoms with Crippen molar-refractivity contribution in [3.05, 3.63) is 29.5 Å². The Morgan fingerprint density at radius 2 is 2.00 bits per heavy atom. The lowest BCUT2D eigenvalue weighted by Gasteiger charge is -1.94. The number of benzene rings is 1. The third-order valence-electron chi connectivity index (χ3n) is 2.22. The molecule has 0 aliphatic heterocycles. The van der Waals surface area contributed by atoms with Crippen LogP contribution in [0.15, 0.2) is 18.2 Å². The van der Waals surface area contributed by atoms with Gasteiger partial charge in [-0.05, 0) is 25.0 Å². The molecule has 2 rings (SSSR count). The minimum absolute atomic E-state index is 1.07. The molecule has 2 nitrogen and oxygen atoms in total. The van der Waals surface area contributed by atoms with Crippen molar-refractivity contribution in [2.24, 2.45) is 0 Å². The van der Waals surface area contributed by atoms with Gasteiger partial charge in [0.25, 0.3) is 0 Å². The van der Waals surface area contributed by atoms with Crippen LogP contribution in [0.1, 0.15) is 32.0 Å². The summed E-state index contributed by atoms with van der Waals surface area (Å²) in [5, 5.41) is 8.41. The summed E-state index contributed by atoms with van der Waals surface area (Å²) in [6.07, 6.45) is 1.07. The van der Waals surface area contributed by atoms with Gasteiger partial charge in [0.2, 0.25) is 0 Å². The number of hydrogen-bond donors (Lipinski definition) is 1. The molecule has 1 N–H and O–H groups in total. The molecular formula is C12H18N2. The molecule has 0 saturated carbocycles. The van der Waals surface area contributed by atoms with Gasteiger partial charge < -0.3 is 0 Å². The summed E-state index contributed by atoms with van der Waals surface area (Å²) in [5.74, 6) is 0. The van der Waals surface area contributed by atoms with Crippen LogP contribution in [0.2, 0.25) is 0 Å². The standard InChI is InChI=1S/C10H12N2.C2H6/c1-3-8-4-5-9-7(2)11-12-10(9)6-8;1-2/h4-6H,3H2,1-2H3,(H,11,12);1-2H3. The molecular weight excluding hydrogens is 172 g/mol. The minimum atomic E-state index is 1.07. The number of H-pyrrole nitrogens is 1. The second-order valence-corrected chi connectivity index (χ2v) is 3.05. The molecule has 1 aromatic heterocycles. The van der Waals surface area contributed by atoms with Gasteiger partial charge in [0, 0.05) is 11.1 Å². The molecule has 0 aliphatic rings. The van der Waals surface area contributed by atoms with E-state index in [4.69, 9.17) is 0 Å². The van der Waals surface area contributed by atoms with E-state index in [-0.39, 0.29) is 0 Å². The maximum Gasteiger partial charge on any atom is 0.0926 e. The van der Waals surface area contributed by atoms with E-state index in [1.807, 2.05) is 20.8 Å². The number of hydrogen-bond acceptors (Lipinski definition) is 1. The molecule has 1 heterocycles. The number of fused-ring (bicyclic) bond motifs is 1. The maximum atomic E-state index is 4.20. The van der Waals surface area contributed by atoms with Crippen molar-refractivity contribution in [3.8, 4) is 0 Å². The van der Waals surface area contributed by atoms with Gasteiger partial charge in [0.15, 0.2) is 0 Å². The number of rotatable bonds is 1. The Bertz CT molecular complexity index is 402. The van der Waals surface area contributed by atoms with Crippen LogP contribution < -0.4 is 0 Å². The van der Waals surface area contributed by atoms with Crippen molar-refractivity contribution < 1.29 is 0 Å². The Morgan fingerprint density at radius 3 is 2.64 bits per heavy atom. The van der Waals surface area contributed by atoms with Crippen LogP contribution in [0, 0.1) is 6.92 Å². The molecule has 0 aliphatic carbocycles. The first-order valence-corrected chi connectivity index (χ1v) is 5.25. The Balaban J connectivity index is 0.000000461. The fourth-order valence-electron chi connectivity index (χ4n) is 1.41. The fraction of sp³-hybridized carbons (Fsp3) is 0.417. The summed E-state index contributed by atoms with van der Waals surface area (Å²) in [4.78, 5) is 0. The average Bonchev–Trinajstić information content (AvgIpc) is 2.63. The average molecular weight is 190 g/mol. The van der Waals surface area contributed by atoms with E-state index < -0.39 is 0 Å². The van der Waals surface area contributed by atoms with Gasteiger partial charge in [-0.25, -0.2) is 0 Å². The Kier molecular flexibility index (Phi) is 3.69. The topological polar surface area (TPSA) is 28.7 Å². The normalized spacial score (nSPS) is 9.71. The van der Waals surface area contributed by atoms with E-state index >= 15 is 0 Å². The number of aromatic nitrogens is 2. The summed E-state index contributed by atoms with van der Waals surface area (Å²) in [5.41, 5.74) is 3.56. The van der Waals surface area contributed by atoms with Crippen LogP contribution in [0.5, 0.6) is 0 Å². The number of nitrogens with one attached hydrogen (secondary N) is 1. The van der Waals surface area contributed by atoms with E-state index in [0.29, 0.717) is 0 Å². The van der Waals surface area contributed by atoms with Gasteiger partial charge in [-0.15, -0.1) is 0 Å². The Hall–Kier alpha value is -1.31. The van der Waals surface area contributed by atoms with E-state index in [0.717, 1.165) is 17.6 Å². The van der Waals surface area contributed by atoms with Crippen molar-refractivity contribution in [2.75, 3.05) is 0 Å². The molecule has 0 radical (unpaired) electrons. The second-order valence-electron chi connectivity index (χ2n) is 3.05. The zero-order chi connectivity index (χ0) is 10.6. The molecule has 2 heteroatoms. The van der Waals surface area contributed by atoms with Crippen LogP contribution in [-0.2, 0) is 6.42 Å². The predicted octanol–water partition coefficient (Wildman–Crippen LogP) is 3.46. The molecule has 2 aromatic rings. The Labute approximate surface area is 85.3 Å². The minimum Gasteiger partial charge on any atom is -0.282 e. The zero-order valence-corrected chi connectivity index (χ0v) is 9.39. The van der Waals surface area contributed by atoms with Crippen molar-refractivity contribution in [3.63, 3.8) is 0 Å². The molecule has 0 bridgehead atoms. The summed E-state index contributed by atoms with van der Waals surface area (Å²) < 4.78 is 0. The molecule has 0 amide bonds. The molecule has 76 valence electrons. The van der Waals surface area contributed by atoms with Gasteiger partial charge in [-0.3, -0.25) is 5.10 Å². The summed E-state index contributed by atoms with van der Waals surface area (Å²) in [7, 11) is 0. The highest BCUT2D eigenvalue weighted by atomic mass is 15.1. The van der Waals surface area contributed by atoms with Gasteiger partial charge in [-0.2, -0.15) is 5.10 Å². The quantitative estimate of drug-likeness (QED) is 0.733. The highest BCUT2D eigenvalue weighted by Crippen LogP contribution is 2.16. The lowest BCUT2D eigenvalue weighted by Crippen LogP contribution is -1.78. The van der Waals surface area contributed by atoms with Crippen LogP contribution in [0.3, 0.4) is 0 Å². The number of aromatic amines is 1. The zero-order valence-electron chi connectivity index (χ0n) is 9.39. The third kappa shape index (κ3) is 1.95. The van der Waals surface area contributed by atoms with Crippen LogP contribution in [0.25, 0.3) is 10.9 Å². The van der Waals surface area contributed by atoms with Crippen LogP contribution >= 0.6 is 0 Å². The van der Waals surface area contributed by atoms with Gasteiger partial charge >= 0.3 is 0 Å². The van der Waals surface area contributed by atoms with Crippen molar-refractivity contribution >= 4 is 10.9 Å². The number of aryl methyl sites for hydroxylation is 2. The van der Waals surface area contributed by atoms with Crippen LogP contribution in [-0.4, -0.2) is 10.2 Å². The first kappa shape index (κ1) is 10.8. The van der Waals surface area contributed by atoms with Crippen LogP contribution in [0.4, 0.5) is 0 Å². The van der Waals surface area contributed by atoms with E-state index in [2.05, 4.69) is 35.3 Å². The SMILES string of the molecule is CC.CCc1ccc2c(C)[nH]nc2c1. The second kappa shape index (κ2) is 4.80. The molecule has 0 fully saturated rings. The lowest BCUT2D eigenvalue weighted by molar-refractivity contribution is 1.07. The molecule has 0 unspecified atom stereocenters. The first-order chi connectivity index (χ1) is 6.81. The van der Waals surface area contributed by atoms with Crippen molar-refractivity contribution in [2.45, 2.75) is 34.1 Å². The van der Waals surface area contributed by atoms with Crippen molar-refractivity contribution in [1.29, 1.82) is 0 Å². The van der Waals surface area contributed by atoms with Gasteiger partial charge in [-0.1, -0.05) is 32.9 Å². The van der Waals surface area contributed by atoms with Crippen molar-refractivity contribution in [1.82, 2.24) is 10.2 Å². The Morgan fingerprint density at radius 1 is 1.29 bits per heavy atom. The number of nitrogens with zero attached hydrogens (tertiary/aromatic N) is 1. The monoisotopic (exact) mass is 190 g/mol. The largest absolute Gasteiger partial charge is 0.282 e. The highest BCUT2D eigenvalue weighted by Gasteiger charge is 2.00. The smallest absolute Gasteiger partial charge is 0.0926 e.